The molecule has 1 aromatic heterocycles. The van der Waals surface area contributed by atoms with E-state index in [1.54, 1.807) is 0 Å². The molecule has 2 aromatic carbocycles. The lowest BCUT2D eigenvalue weighted by Crippen LogP contribution is -2.16. The minimum absolute atomic E-state index is 0.0979. The first-order valence-corrected chi connectivity index (χ1v) is 11.4. The van der Waals surface area contributed by atoms with Crippen molar-refractivity contribution >= 4 is 33.1 Å². The molecule has 0 aliphatic rings. The molecule has 0 radical (unpaired) electrons. The van der Waals surface area contributed by atoms with Crippen molar-refractivity contribution in [2.45, 2.75) is 31.0 Å². The van der Waals surface area contributed by atoms with E-state index in [2.05, 4.69) is 9.71 Å². The second-order valence-corrected chi connectivity index (χ2v) is 9.31. The van der Waals surface area contributed by atoms with Crippen molar-refractivity contribution in [3.8, 4) is 5.75 Å². The molecule has 1 N–H and O–H groups in total. The number of pyridine rings is 1. The van der Waals surface area contributed by atoms with Crippen LogP contribution in [0, 0.1) is 0 Å². The van der Waals surface area contributed by atoms with E-state index in [9.17, 15) is 26.4 Å². The van der Waals surface area contributed by atoms with Crippen molar-refractivity contribution in [2.75, 3.05) is 4.72 Å². The lowest BCUT2D eigenvalue weighted by atomic mass is 10.0. The number of hydrogen-bond donors (Lipinski definition) is 1. The van der Waals surface area contributed by atoms with Gasteiger partial charge in [-0.05, 0) is 68.4 Å². The Bertz CT molecular complexity index is 1280. The SMILES string of the molecule is CC(C)Oc1ccc(S(=O)(=O)Nc2ccc(Cl)cc2C(=O)c2ccnc(C(F)(F)F)c2)cc1. The van der Waals surface area contributed by atoms with E-state index in [-0.39, 0.29) is 32.8 Å². The summed E-state index contributed by atoms with van der Waals surface area (Å²) in [6.07, 6.45) is -4.00. The van der Waals surface area contributed by atoms with Crippen molar-refractivity contribution in [1.29, 1.82) is 0 Å². The Morgan fingerprint density at radius 2 is 1.73 bits per heavy atom. The van der Waals surface area contributed by atoms with E-state index in [0.29, 0.717) is 11.8 Å². The van der Waals surface area contributed by atoms with Gasteiger partial charge in [0.1, 0.15) is 11.4 Å². The fraction of sp³-hybridized carbons (Fsp3) is 0.182. The standard InChI is InChI=1S/C22H18ClF3N2O4S/c1-13(2)32-16-4-6-17(7-5-16)33(30,31)28-19-8-3-15(23)12-18(19)21(29)14-9-10-27-20(11-14)22(24,25)26/h3-13,28H,1-2H3. The van der Waals surface area contributed by atoms with Crippen LogP contribution in [0.1, 0.15) is 35.5 Å². The largest absolute Gasteiger partial charge is 0.491 e. The Labute approximate surface area is 193 Å². The molecular formula is C22H18ClF3N2O4S. The summed E-state index contributed by atoms with van der Waals surface area (Å²) in [5.74, 6) is -0.381. The second kappa shape index (κ2) is 9.40. The predicted molar refractivity (Wildman–Crippen MR) is 117 cm³/mol. The molecular weight excluding hydrogens is 481 g/mol. The van der Waals surface area contributed by atoms with Crippen LogP contribution in [0.25, 0.3) is 0 Å². The van der Waals surface area contributed by atoms with Crippen LogP contribution in [0.15, 0.2) is 65.7 Å². The van der Waals surface area contributed by atoms with Gasteiger partial charge in [-0.15, -0.1) is 0 Å². The summed E-state index contributed by atoms with van der Waals surface area (Å²) >= 11 is 5.96. The van der Waals surface area contributed by atoms with Gasteiger partial charge in [0.2, 0.25) is 0 Å². The molecule has 0 unspecified atom stereocenters. The normalized spacial score (nSPS) is 12.0. The zero-order valence-electron chi connectivity index (χ0n) is 17.4. The maximum absolute atomic E-state index is 13.0. The number of nitrogens with zero attached hydrogens (tertiary/aromatic N) is 1. The summed E-state index contributed by atoms with van der Waals surface area (Å²) in [6, 6.07) is 11.1. The Balaban J connectivity index is 1.95. The third kappa shape index (κ3) is 6.02. The summed E-state index contributed by atoms with van der Waals surface area (Å²) in [7, 11) is -4.13. The number of sulfonamides is 1. The highest BCUT2D eigenvalue weighted by molar-refractivity contribution is 7.92. The van der Waals surface area contributed by atoms with Crippen molar-refractivity contribution < 1.29 is 31.1 Å². The van der Waals surface area contributed by atoms with Crippen molar-refractivity contribution in [1.82, 2.24) is 4.98 Å². The number of carbonyl (C=O) groups excluding carboxylic acids is 1. The number of rotatable bonds is 7. The van der Waals surface area contributed by atoms with E-state index in [0.717, 1.165) is 12.3 Å². The number of alkyl halides is 3. The summed E-state index contributed by atoms with van der Waals surface area (Å²) < 4.78 is 72.5. The van der Waals surface area contributed by atoms with Gasteiger partial charge in [0.15, 0.2) is 5.78 Å². The number of halogens is 4. The molecule has 174 valence electrons. The molecule has 0 amide bonds. The second-order valence-electron chi connectivity index (χ2n) is 7.19. The molecule has 0 atom stereocenters. The smallest absolute Gasteiger partial charge is 0.433 e. The van der Waals surface area contributed by atoms with Crippen LogP contribution in [-0.2, 0) is 16.2 Å². The number of anilines is 1. The van der Waals surface area contributed by atoms with Gasteiger partial charge in [-0.2, -0.15) is 13.2 Å². The molecule has 0 bridgehead atoms. The van der Waals surface area contributed by atoms with E-state index in [4.69, 9.17) is 16.3 Å². The van der Waals surface area contributed by atoms with Gasteiger partial charge < -0.3 is 4.74 Å². The Morgan fingerprint density at radius 3 is 2.33 bits per heavy atom. The van der Waals surface area contributed by atoms with Crippen LogP contribution in [-0.4, -0.2) is 25.3 Å². The fourth-order valence-electron chi connectivity index (χ4n) is 2.85. The zero-order valence-corrected chi connectivity index (χ0v) is 18.9. The van der Waals surface area contributed by atoms with Gasteiger partial charge in [0.25, 0.3) is 10.0 Å². The Kier molecular flexibility index (Phi) is 6.99. The predicted octanol–water partition coefficient (Wildman–Crippen LogP) is 5.57. The van der Waals surface area contributed by atoms with Crippen LogP contribution in [0.3, 0.4) is 0 Å². The average Bonchev–Trinajstić information content (AvgIpc) is 2.74. The molecule has 0 aliphatic carbocycles. The number of hydrogen-bond acceptors (Lipinski definition) is 5. The van der Waals surface area contributed by atoms with E-state index >= 15 is 0 Å². The minimum atomic E-state index is -4.75. The number of nitrogens with one attached hydrogen (secondary N) is 1. The number of benzene rings is 2. The molecule has 3 aromatic rings. The van der Waals surface area contributed by atoms with Crippen LogP contribution >= 0.6 is 11.6 Å². The van der Waals surface area contributed by atoms with Crippen molar-refractivity contribution in [3.63, 3.8) is 0 Å². The van der Waals surface area contributed by atoms with Crippen LogP contribution < -0.4 is 9.46 Å². The molecule has 3 rings (SSSR count). The lowest BCUT2D eigenvalue weighted by Gasteiger charge is -2.14. The first-order valence-electron chi connectivity index (χ1n) is 9.54. The summed E-state index contributed by atoms with van der Waals surface area (Å²) in [6.45, 7) is 3.65. The summed E-state index contributed by atoms with van der Waals surface area (Å²) in [4.78, 5) is 16.1. The number of carbonyl (C=O) groups is 1. The average molecular weight is 499 g/mol. The Hall–Kier alpha value is -3.11. The van der Waals surface area contributed by atoms with Crippen molar-refractivity contribution in [2.24, 2.45) is 0 Å². The molecule has 0 aliphatic heterocycles. The maximum Gasteiger partial charge on any atom is 0.433 e. The monoisotopic (exact) mass is 498 g/mol. The highest BCUT2D eigenvalue weighted by Gasteiger charge is 2.33. The summed E-state index contributed by atoms with van der Waals surface area (Å²) in [5, 5.41) is 0.0987. The highest BCUT2D eigenvalue weighted by atomic mass is 35.5. The topological polar surface area (TPSA) is 85.4 Å². The lowest BCUT2D eigenvalue weighted by molar-refractivity contribution is -0.141. The molecule has 0 spiro atoms. The maximum atomic E-state index is 13.0. The quantitative estimate of drug-likeness (QED) is 0.430. The van der Waals surface area contributed by atoms with Gasteiger partial charge >= 0.3 is 6.18 Å². The van der Waals surface area contributed by atoms with Crippen LogP contribution in [0.4, 0.5) is 18.9 Å². The van der Waals surface area contributed by atoms with Crippen molar-refractivity contribution in [3.05, 3.63) is 82.6 Å². The molecule has 11 heteroatoms. The number of ketones is 1. The summed E-state index contributed by atoms with van der Waals surface area (Å²) in [5.41, 5.74) is -1.93. The zero-order chi connectivity index (χ0) is 24.4. The third-order valence-corrected chi connectivity index (χ3v) is 5.91. The highest BCUT2D eigenvalue weighted by Crippen LogP contribution is 2.30. The van der Waals surface area contributed by atoms with Gasteiger partial charge in [0.05, 0.1) is 16.7 Å². The van der Waals surface area contributed by atoms with Gasteiger partial charge in [-0.25, -0.2) is 8.42 Å². The molecule has 0 saturated carbocycles. The van der Waals surface area contributed by atoms with Crippen LogP contribution in [0.5, 0.6) is 5.75 Å². The van der Waals surface area contributed by atoms with Crippen LogP contribution in [0.2, 0.25) is 5.02 Å². The number of ether oxygens (including phenoxy) is 1. The third-order valence-electron chi connectivity index (χ3n) is 4.29. The minimum Gasteiger partial charge on any atom is -0.491 e. The first-order chi connectivity index (χ1) is 15.4. The van der Waals surface area contributed by atoms with Gasteiger partial charge in [-0.3, -0.25) is 14.5 Å². The molecule has 0 fully saturated rings. The first kappa shape index (κ1) is 24.5. The molecule has 6 nitrogen and oxygen atoms in total. The molecule has 33 heavy (non-hydrogen) atoms. The van der Waals surface area contributed by atoms with E-state index < -0.39 is 27.7 Å². The fourth-order valence-corrected chi connectivity index (χ4v) is 4.10. The Morgan fingerprint density at radius 1 is 1.06 bits per heavy atom. The van der Waals surface area contributed by atoms with E-state index in [1.807, 2.05) is 13.8 Å². The van der Waals surface area contributed by atoms with E-state index in [1.165, 1.54) is 42.5 Å². The number of aromatic nitrogens is 1. The molecule has 1 heterocycles. The van der Waals surface area contributed by atoms with Gasteiger partial charge in [-0.1, -0.05) is 11.6 Å². The molecule has 0 saturated heterocycles. The van der Waals surface area contributed by atoms with Gasteiger partial charge in [0, 0.05) is 22.3 Å².